The van der Waals surface area contributed by atoms with Crippen LogP contribution in [0.5, 0.6) is 0 Å². The Morgan fingerprint density at radius 3 is 2.62 bits per heavy atom. The van der Waals surface area contributed by atoms with Crippen molar-refractivity contribution in [3.05, 3.63) is 27.2 Å². The number of amides is 1. The lowest BCUT2D eigenvalue weighted by Gasteiger charge is -2.14. The number of ether oxygens (including phenoxy) is 1. The van der Waals surface area contributed by atoms with Crippen LogP contribution in [-0.4, -0.2) is 34.1 Å². The highest BCUT2D eigenvalue weighted by molar-refractivity contribution is 9.10. The molecule has 1 unspecified atom stereocenters. The van der Waals surface area contributed by atoms with Crippen molar-refractivity contribution in [2.45, 2.75) is 24.3 Å². The van der Waals surface area contributed by atoms with Crippen molar-refractivity contribution in [3.63, 3.8) is 0 Å². The van der Waals surface area contributed by atoms with Gasteiger partial charge in [0.2, 0.25) is 0 Å². The Labute approximate surface area is 141 Å². The van der Waals surface area contributed by atoms with Crippen LogP contribution in [0.1, 0.15) is 23.7 Å². The minimum absolute atomic E-state index is 0.0448. The van der Waals surface area contributed by atoms with Crippen LogP contribution in [0.15, 0.2) is 21.5 Å². The van der Waals surface area contributed by atoms with Crippen molar-refractivity contribution in [1.82, 2.24) is 5.32 Å². The molecule has 0 aliphatic heterocycles. The number of nitrogens with one attached hydrogen (secondary N) is 1. The number of rotatable bonds is 6. The van der Waals surface area contributed by atoms with E-state index in [1.165, 1.54) is 6.07 Å². The standard InChI is InChI=1S/C12H14BrCl2NO4S/c1-7(3-4-20-2)16-12(17)8-5-11(21(15,18)19)9(13)6-10(8)14/h5-7H,3-4H2,1-2H3,(H,16,17). The maximum Gasteiger partial charge on any atom is 0.262 e. The molecule has 118 valence electrons. The fourth-order valence-corrected chi connectivity index (χ4v) is 4.14. The topological polar surface area (TPSA) is 72.5 Å². The highest BCUT2D eigenvalue weighted by Gasteiger charge is 2.21. The smallest absolute Gasteiger partial charge is 0.262 e. The molecule has 9 heteroatoms. The zero-order chi connectivity index (χ0) is 16.2. The summed E-state index contributed by atoms with van der Waals surface area (Å²) in [4.78, 5) is 11.9. The SMILES string of the molecule is COCCC(C)NC(=O)c1cc(S(=O)(=O)Cl)c(Br)cc1Cl. The van der Waals surface area contributed by atoms with Gasteiger partial charge in [-0.1, -0.05) is 11.6 Å². The van der Waals surface area contributed by atoms with Gasteiger partial charge in [0, 0.05) is 34.9 Å². The molecule has 1 N–H and O–H groups in total. The van der Waals surface area contributed by atoms with Crippen molar-refractivity contribution < 1.29 is 17.9 Å². The van der Waals surface area contributed by atoms with Crippen LogP contribution in [0.25, 0.3) is 0 Å². The Morgan fingerprint density at radius 2 is 2.10 bits per heavy atom. The molecule has 0 aromatic heterocycles. The molecule has 0 bridgehead atoms. The number of benzene rings is 1. The first-order valence-corrected chi connectivity index (χ1v) is 9.38. The second-order valence-corrected chi connectivity index (χ2v) is 8.15. The molecule has 0 heterocycles. The second-order valence-electron chi connectivity index (χ2n) is 4.36. The van der Waals surface area contributed by atoms with E-state index in [2.05, 4.69) is 21.2 Å². The average Bonchev–Trinajstić information content (AvgIpc) is 2.34. The highest BCUT2D eigenvalue weighted by atomic mass is 79.9. The number of hydrogen-bond acceptors (Lipinski definition) is 4. The lowest BCUT2D eigenvalue weighted by atomic mass is 10.2. The fraction of sp³-hybridized carbons (Fsp3) is 0.417. The zero-order valence-corrected chi connectivity index (χ0v) is 15.2. The molecule has 0 fully saturated rings. The lowest BCUT2D eigenvalue weighted by Crippen LogP contribution is -2.33. The van der Waals surface area contributed by atoms with Gasteiger partial charge in [0.05, 0.1) is 15.5 Å². The van der Waals surface area contributed by atoms with Crippen LogP contribution in [-0.2, 0) is 13.8 Å². The summed E-state index contributed by atoms with van der Waals surface area (Å²) in [7, 11) is 2.90. The first kappa shape index (κ1) is 18.7. The van der Waals surface area contributed by atoms with Crippen LogP contribution in [0.4, 0.5) is 0 Å². The number of carbonyl (C=O) groups is 1. The second kappa shape index (κ2) is 7.78. The molecule has 0 aliphatic rings. The normalized spacial score (nSPS) is 13.0. The Bertz CT molecular complexity index is 636. The van der Waals surface area contributed by atoms with Gasteiger partial charge in [0.1, 0.15) is 0 Å². The van der Waals surface area contributed by atoms with Crippen LogP contribution >= 0.6 is 38.2 Å². The quantitative estimate of drug-likeness (QED) is 0.720. The van der Waals surface area contributed by atoms with Crippen LogP contribution in [0.2, 0.25) is 5.02 Å². The maximum atomic E-state index is 12.1. The molecular formula is C12H14BrCl2NO4S. The summed E-state index contributed by atoms with van der Waals surface area (Å²) in [5.74, 6) is -0.474. The summed E-state index contributed by atoms with van der Waals surface area (Å²) in [6, 6.07) is 2.33. The van der Waals surface area contributed by atoms with Crippen LogP contribution in [0, 0.1) is 0 Å². The van der Waals surface area contributed by atoms with Gasteiger partial charge in [0.15, 0.2) is 0 Å². The molecule has 0 aliphatic carbocycles. The zero-order valence-electron chi connectivity index (χ0n) is 11.3. The van der Waals surface area contributed by atoms with Crippen molar-refractivity contribution >= 4 is 53.2 Å². The number of hydrogen-bond donors (Lipinski definition) is 1. The summed E-state index contributed by atoms with van der Waals surface area (Å²) in [6.45, 7) is 2.31. The molecule has 1 atom stereocenters. The van der Waals surface area contributed by atoms with E-state index in [0.29, 0.717) is 13.0 Å². The largest absolute Gasteiger partial charge is 0.385 e. The van der Waals surface area contributed by atoms with E-state index in [4.69, 9.17) is 27.0 Å². The van der Waals surface area contributed by atoms with Crippen molar-refractivity contribution in [1.29, 1.82) is 0 Å². The van der Waals surface area contributed by atoms with Crippen molar-refractivity contribution in [2.75, 3.05) is 13.7 Å². The monoisotopic (exact) mass is 417 g/mol. The van der Waals surface area contributed by atoms with E-state index in [-0.39, 0.29) is 26.0 Å². The average molecular weight is 419 g/mol. The minimum Gasteiger partial charge on any atom is -0.385 e. The van der Waals surface area contributed by atoms with Gasteiger partial charge in [-0.2, -0.15) is 0 Å². The van der Waals surface area contributed by atoms with E-state index in [9.17, 15) is 13.2 Å². The summed E-state index contributed by atoms with van der Waals surface area (Å²) in [6.07, 6.45) is 0.622. The Morgan fingerprint density at radius 1 is 1.48 bits per heavy atom. The van der Waals surface area contributed by atoms with Crippen molar-refractivity contribution in [3.8, 4) is 0 Å². The van der Waals surface area contributed by atoms with Gasteiger partial charge >= 0.3 is 0 Å². The van der Waals surface area contributed by atoms with Gasteiger partial charge in [0.25, 0.3) is 15.0 Å². The molecule has 0 radical (unpaired) electrons. The number of carbonyl (C=O) groups excluding carboxylic acids is 1. The molecular weight excluding hydrogens is 405 g/mol. The van der Waals surface area contributed by atoms with Crippen LogP contribution in [0.3, 0.4) is 0 Å². The fourth-order valence-electron chi connectivity index (χ4n) is 1.56. The Kier molecular flexibility index (Phi) is 6.93. The van der Waals surface area contributed by atoms with Gasteiger partial charge in [-0.05, 0) is 41.4 Å². The third kappa shape index (κ3) is 5.41. The lowest BCUT2D eigenvalue weighted by molar-refractivity contribution is 0.0929. The molecule has 0 saturated carbocycles. The van der Waals surface area contributed by atoms with E-state index in [1.807, 2.05) is 6.92 Å². The number of methoxy groups -OCH3 is 1. The van der Waals surface area contributed by atoms with Gasteiger partial charge < -0.3 is 10.1 Å². The first-order valence-electron chi connectivity index (χ1n) is 5.90. The van der Waals surface area contributed by atoms with E-state index < -0.39 is 15.0 Å². The molecule has 1 rings (SSSR count). The molecule has 0 spiro atoms. The maximum absolute atomic E-state index is 12.1. The summed E-state index contributed by atoms with van der Waals surface area (Å²) < 4.78 is 28.0. The van der Waals surface area contributed by atoms with Gasteiger partial charge in [-0.15, -0.1) is 0 Å². The molecule has 1 aromatic carbocycles. The molecule has 1 amide bonds. The predicted octanol–water partition coefficient (Wildman–Crippen LogP) is 3.18. The van der Waals surface area contributed by atoms with Crippen molar-refractivity contribution in [2.24, 2.45) is 0 Å². The minimum atomic E-state index is -3.98. The first-order chi connectivity index (χ1) is 9.66. The van der Waals surface area contributed by atoms with E-state index in [1.54, 1.807) is 7.11 Å². The summed E-state index contributed by atoms with van der Waals surface area (Å²) >= 11 is 9.04. The Balaban J connectivity index is 3.05. The predicted molar refractivity (Wildman–Crippen MR) is 85.6 cm³/mol. The third-order valence-electron chi connectivity index (χ3n) is 2.66. The molecule has 0 saturated heterocycles. The summed E-state index contributed by atoms with van der Waals surface area (Å²) in [5.41, 5.74) is 0.0448. The Hall–Kier alpha value is -0.340. The third-order valence-corrected chi connectivity index (χ3v) is 5.25. The van der Waals surface area contributed by atoms with Crippen LogP contribution < -0.4 is 5.32 Å². The van der Waals surface area contributed by atoms with E-state index in [0.717, 1.165) is 6.07 Å². The summed E-state index contributed by atoms with van der Waals surface area (Å²) in [5, 5.41) is 2.84. The van der Waals surface area contributed by atoms with Gasteiger partial charge in [-0.3, -0.25) is 4.79 Å². The number of halogens is 3. The van der Waals surface area contributed by atoms with E-state index >= 15 is 0 Å². The molecule has 21 heavy (non-hydrogen) atoms. The molecule has 5 nitrogen and oxygen atoms in total. The highest BCUT2D eigenvalue weighted by Crippen LogP contribution is 2.31. The molecule has 1 aromatic rings. The van der Waals surface area contributed by atoms with Gasteiger partial charge in [-0.25, -0.2) is 8.42 Å².